The first-order valence-corrected chi connectivity index (χ1v) is 6.85. The number of nitrogens with one attached hydrogen (secondary N) is 1. The molecule has 5 nitrogen and oxygen atoms in total. The monoisotopic (exact) mass is 276 g/mol. The summed E-state index contributed by atoms with van der Waals surface area (Å²) in [6.45, 7) is 0.426. The van der Waals surface area contributed by atoms with E-state index in [4.69, 9.17) is 4.42 Å². The van der Waals surface area contributed by atoms with Crippen LogP contribution in [-0.2, 0) is 16.1 Å². The first-order valence-electron chi connectivity index (χ1n) is 6.85. The SMILES string of the molecule is CN(CC(=O)NCc1ccco1)C(=O)CC1C=CCC1. The Morgan fingerprint density at radius 2 is 2.35 bits per heavy atom. The fourth-order valence-electron chi connectivity index (χ4n) is 2.20. The van der Waals surface area contributed by atoms with Crippen LogP contribution in [0.5, 0.6) is 0 Å². The van der Waals surface area contributed by atoms with E-state index in [-0.39, 0.29) is 18.4 Å². The lowest BCUT2D eigenvalue weighted by Gasteiger charge is -2.18. The van der Waals surface area contributed by atoms with E-state index >= 15 is 0 Å². The molecule has 0 bridgehead atoms. The van der Waals surface area contributed by atoms with Crippen LogP contribution in [0.25, 0.3) is 0 Å². The highest BCUT2D eigenvalue weighted by Crippen LogP contribution is 2.20. The molecule has 0 aromatic carbocycles. The van der Waals surface area contributed by atoms with Gasteiger partial charge in [-0.2, -0.15) is 0 Å². The standard InChI is InChI=1S/C15H20N2O3/c1-17(15(19)9-12-5-2-3-6-12)11-14(18)16-10-13-7-4-8-20-13/h2,4-5,7-8,12H,3,6,9-11H2,1H3,(H,16,18). The maximum atomic E-state index is 12.0. The lowest BCUT2D eigenvalue weighted by atomic mass is 10.0. The molecule has 1 heterocycles. The number of hydrogen-bond donors (Lipinski definition) is 1. The Morgan fingerprint density at radius 1 is 1.50 bits per heavy atom. The number of carbonyl (C=O) groups is 2. The number of furan rings is 1. The highest BCUT2D eigenvalue weighted by atomic mass is 16.3. The van der Waals surface area contributed by atoms with Crippen molar-refractivity contribution in [2.75, 3.05) is 13.6 Å². The van der Waals surface area contributed by atoms with Crippen molar-refractivity contribution in [3.8, 4) is 0 Å². The minimum absolute atomic E-state index is 0.00898. The van der Waals surface area contributed by atoms with Crippen molar-refractivity contribution in [2.45, 2.75) is 25.8 Å². The highest BCUT2D eigenvalue weighted by Gasteiger charge is 2.18. The summed E-state index contributed by atoms with van der Waals surface area (Å²) in [5, 5.41) is 2.72. The zero-order valence-electron chi connectivity index (χ0n) is 11.7. The van der Waals surface area contributed by atoms with Crippen molar-refractivity contribution in [1.82, 2.24) is 10.2 Å². The molecule has 5 heteroatoms. The van der Waals surface area contributed by atoms with Gasteiger partial charge in [0, 0.05) is 13.5 Å². The van der Waals surface area contributed by atoms with Gasteiger partial charge in [0.15, 0.2) is 0 Å². The first kappa shape index (κ1) is 14.4. The maximum absolute atomic E-state index is 12.0. The van der Waals surface area contributed by atoms with Crippen LogP contribution in [-0.4, -0.2) is 30.3 Å². The third-order valence-corrected chi connectivity index (χ3v) is 3.40. The van der Waals surface area contributed by atoms with Gasteiger partial charge >= 0.3 is 0 Å². The van der Waals surface area contributed by atoms with E-state index in [0.717, 1.165) is 12.8 Å². The van der Waals surface area contributed by atoms with Crippen molar-refractivity contribution in [1.29, 1.82) is 0 Å². The smallest absolute Gasteiger partial charge is 0.239 e. The molecule has 0 aliphatic heterocycles. The van der Waals surface area contributed by atoms with Crippen molar-refractivity contribution in [3.05, 3.63) is 36.3 Å². The molecule has 108 valence electrons. The number of amides is 2. The predicted octanol–water partition coefficient (Wildman–Crippen LogP) is 1.71. The summed E-state index contributed by atoms with van der Waals surface area (Å²) >= 11 is 0. The van der Waals surface area contributed by atoms with Crippen molar-refractivity contribution in [2.24, 2.45) is 5.92 Å². The predicted molar refractivity (Wildman–Crippen MR) is 74.7 cm³/mol. The quantitative estimate of drug-likeness (QED) is 0.805. The molecule has 0 fully saturated rings. The lowest BCUT2D eigenvalue weighted by Crippen LogP contribution is -2.38. The van der Waals surface area contributed by atoms with Crippen molar-refractivity contribution in [3.63, 3.8) is 0 Å². The van der Waals surface area contributed by atoms with Gasteiger partial charge in [0.1, 0.15) is 5.76 Å². The van der Waals surface area contributed by atoms with Gasteiger partial charge < -0.3 is 14.6 Å². The largest absolute Gasteiger partial charge is 0.467 e. The molecule has 0 saturated heterocycles. The average molecular weight is 276 g/mol. The van der Waals surface area contributed by atoms with E-state index in [1.807, 2.05) is 0 Å². The van der Waals surface area contributed by atoms with Crippen molar-refractivity contribution < 1.29 is 14.0 Å². The van der Waals surface area contributed by atoms with Gasteiger partial charge in [-0.25, -0.2) is 0 Å². The topological polar surface area (TPSA) is 62.6 Å². The van der Waals surface area contributed by atoms with Gasteiger partial charge in [-0.1, -0.05) is 12.2 Å². The second-order valence-electron chi connectivity index (χ2n) is 5.08. The number of nitrogens with zero attached hydrogens (tertiary/aromatic N) is 1. The molecule has 1 aliphatic carbocycles. The molecule has 0 spiro atoms. The second-order valence-corrected chi connectivity index (χ2v) is 5.08. The molecule has 1 aromatic heterocycles. The fourth-order valence-corrected chi connectivity index (χ4v) is 2.20. The van der Waals surface area contributed by atoms with Gasteiger partial charge in [0.2, 0.25) is 11.8 Å². The Labute approximate surface area is 118 Å². The van der Waals surface area contributed by atoms with E-state index < -0.39 is 0 Å². The zero-order chi connectivity index (χ0) is 14.4. The van der Waals surface area contributed by atoms with Gasteiger partial charge in [-0.15, -0.1) is 0 Å². The molecule has 0 radical (unpaired) electrons. The summed E-state index contributed by atoms with van der Waals surface area (Å²) in [4.78, 5) is 25.2. The molecule has 2 rings (SSSR count). The summed E-state index contributed by atoms with van der Waals surface area (Å²) in [7, 11) is 1.66. The number of likely N-dealkylation sites (N-methyl/N-ethyl adjacent to an activating group) is 1. The average Bonchev–Trinajstić information content (AvgIpc) is 3.09. The number of hydrogen-bond acceptors (Lipinski definition) is 3. The van der Waals surface area contributed by atoms with Crippen LogP contribution in [0.1, 0.15) is 25.0 Å². The van der Waals surface area contributed by atoms with E-state index in [9.17, 15) is 9.59 Å². The third kappa shape index (κ3) is 4.26. The molecule has 1 N–H and O–H groups in total. The van der Waals surface area contributed by atoms with E-state index in [1.54, 1.807) is 25.4 Å². The maximum Gasteiger partial charge on any atom is 0.239 e. The molecule has 2 amide bonds. The summed E-state index contributed by atoms with van der Waals surface area (Å²) in [5.74, 6) is 0.855. The minimum Gasteiger partial charge on any atom is -0.467 e. The Hall–Kier alpha value is -2.04. The summed E-state index contributed by atoms with van der Waals surface area (Å²) in [5.41, 5.74) is 0. The Morgan fingerprint density at radius 3 is 3.00 bits per heavy atom. The highest BCUT2D eigenvalue weighted by molar-refractivity contribution is 5.84. The normalized spacial score (nSPS) is 17.1. The van der Waals surface area contributed by atoms with E-state index in [1.165, 1.54) is 4.90 Å². The van der Waals surface area contributed by atoms with Crippen LogP contribution in [0.4, 0.5) is 0 Å². The van der Waals surface area contributed by atoms with Gasteiger partial charge in [-0.05, 0) is 30.9 Å². The van der Waals surface area contributed by atoms with E-state index in [2.05, 4.69) is 17.5 Å². The molecule has 1 unspecified atom stereocenters. The lowest BCUT2D eigenvalue weighted by molar-refractivity contribution is -0.135. The summed E-state index contributed by atoms with van der Waals surface area (Å²) < 4.78 is 5.12. The van der Waals surface area contributed by atoms with Crippen LogP contribution < -0.4 is 5.32 Å². The molecule has 1 atom stereocenters. The van der Waals surface area contributed by atoms with Crippen LogP contribution >= 0.6 is 0 Å². The fraction of sp³-hybridized carbons (Fsp3) is 0.467. The van der Waals surface area contributed by atoms with E-state index in [0.29, 0.717) is 24.6 Å². The first-order chi connectivity index (χ1) is 9.65. The number of rotatable bonds is 6. The Kier molecular flexibility index (Phi) is 4.98. The molecular formula is C15H20N2O3. The molecule has 20 heavy (non-hydrogen) atoms. The zero-order valence-corrected chi connectivity index (χ0v) is 11.7. The second kappa shape index (κ2) is 6.93. The van der Waals surface area contributed by atoms with Crippen LogP contribution in [0.15, 0.2) is 35.0 Å². The molecule has 0 saturated carbocycles. The number of carbonyl (C=O) groups excluding carboxylic acids is 2. The Balaban J connectivity index is 1.69. The molecule has 1 aromatic rings. The summed E-state index contributed by atoms with van der Waals surface area (Å²) in [6, 6.07) is 3.56. The van der Waals surface area contributed by atoms with Crippen LogP contribution in [0, 0.1) is 5.92 Å². The third-order valence-electron chi connectivity index (χ3n) is 3.40. The van der Waals surface area contributed by atoms with Crippen LogP contribution in [0.2, 0.25) is 0 Å². The minimum atomic E-state index is -0.181. The van der Waals surface area contributed by atoms with Gasteiger partial charge in [-0.3, -0.25) is 9.59 Å². The summed E-state index contributed by atoms with van der Waals surface area (Å²) in [6.07, 6.45) is 8.32. The Bertz CT molecular complexity index is 479. The molecular weight excluding hydrogens is 256 g/mol. The van der Waals surface area contributed by atoms with Gasteiger partial charge in [0.05, 0.1) is 19.4 Å². The van der Waals surface area contributed by atoms with Gasteiger partial charge in [0.25, 0.3) is 0 Å². The van der Waals surface area contributed by atoms with Crippen molar-refractivity contribution >= 4 is 11.8 Å². The van der Waals surface area contributed by atoms with Crippen LogP contribution in [0.3, 0.4) is 0 Å². The molecule has 1 aliphatic rings. The number of allylic oxidation sites excluding steroid dienone is 2.